The summed E-state index contributed by atoms with van der Waals surface area (Å²) >= 11 is 0. The van der Waals surface area contributed by atoms with Crippen molar-refractivity contribution in [3.8, 4) is 0 Å². The van der Waals surface area contributed by atoms with Crippen molar-refractivity contribution in [2.75, 3.05) is 17.6 Å². The smallest absolute Gasteiger partial charge is 0.324 e. The Kier molecular flexibility index (Phi) is 4.69. The second kappa shape index (κ2) is 5.83. The number of aromatic nitrogens is 2. The summed E-state index contributed by atoms with van der Waals surface area (Å²) in [6, 6.07) is 1.22. The average Bonchev–Trinajstić information content (AvgIpc) is 2.26. The Labute approximate surface area is 102 Å². The van der Waals surface area contributed by atoms with E-state index in [1.807, 2.05) is 6.92 Å². The predicted octanol–water partition coefficient (Wildman–Crippen LogP) is 2.32. The van der Waals surface area contributed by atoms with Gasteiger partial charge in [0.2, 0.25) is 0 Å². The maximum atomic E-state index is 12.7. The van der Waals surface area contributed by atoms with Crippen LogP contribution < -0.4 is 11.1 Å². The Hall–Kier alpha value is -1.60. The Morgan fingerprint density at radius 3 is 2.61 bits per heavy atom. The van der Waals surface area contributed by atoms with Crippen LogP contribution in [0.5, 0.6) is 0 Å². The molecule has 0 bridgehead atoms. The number of alkyl halides is 4. The van der Waals surface area contributed by atoms with Gasteiger partial charge >= 0.3 is 12.3 Å². The number of hydrogen-bond acceptors (Lipinski definition) is 4. The van der Waals surface area contributed by atoms with Crippen LogP contribution >= 0.6 is 0 Å². The zero-order valence-electron chi connectivity index (χ0n) is 9.76. The molecule has 0 fully saturated rings. The highest BCUT2D eigenvalue weighted by molar-refractivity contribution is 5.44. The van der Waals surface area contributed by atoms with Gasteiger partial charge in [-0.15, -0.1) is 0 Å². The first-order valence-corrected chi connectivity index (χ1v) is 5.38. The molecular weight excluding hydrogens is 252 g/mol. The molecule has 0 aliphatic heterocycles. The van der Waals surface area contributed by atoms with Gasteiger partial charge in [0.05, 0.1) is 6.54 Å². The van der Waals surface area contributed by atoms with E-state index in [2.05, 4.69) is 15.3 Å². The van der Waals surface area contributed by atoms with E-state index in [0.29, 0.717) is 12.2 Å². The van der Waals surface area contributed by atoms with Crippen molar-refractivity contribution in [3.63, 3.8) is 0 Å². The van der Waals surface area contributed by atoms with E-state index in [1.165, 1.54) is 6.07 Å². The zero-order chi connectivity index (χ0) is 13.8. The number of nitrogens with one attached hydrogen (secondary N) is 1. The van der Waals surface area contributed by atoms with Gasteiger partial charge in [0.15, 0.2) is 0 Å². The van der Waals surface area contributed by atoms with Gasteiger partial charge in [-0.1, -0.05) is 6.92 Å². The summed E-state index contributed by atoms with van der Waals surface area (Å²) in [6.45, 7) is 0.692. The SMILES string of the molecule is CCCc1nc(N)cc(NCC(F)(F)C(F)F)n1. The van der Waals surface area contributed by atoms with Crippen molar-refractivity contribution in [3.05, 3.63) is 11.9 Å². The Bertz CT molecular complexity index is 397. The van der Waals surface area contributed by atoms with Crippen molar-refractivity contribution < 1.29 is 17.6 Å². The Morgan fingerprint density at radius 2 is 2.06 bits per heavy atom. The number of anilines is 2. The second-order valence-corrected chi connectivity index (χ2v) is 3.76. The molecule has 3 N–H and O–H groups in total. The number of hydrogen-bond donors (Lipinski definition) is 2. The molecule has 1 aromatic heterocycles. The molecule has 0 spiro atoms. The molecule has 0 amide bonds. The molecule has 102 valence electrons. The lowest BCUT2D eigenvalue weighted by Gasteiger charge is -2.16. The summed E-state index contributed by atoms with van der Waals surface area (Å²) in [4.78, 5) is 7.80. The van der Waals surface area contributed by atoms with Gasteiger partial charge in [0.25, 0.3) is 0 Å². The molecule has 0 aliphatic rings. The molecule has 1 heterocycles. The Morgan fingerprint density at radius 1 is 1.39 bits per heavy atom. The molecule has 1 rings (SSSR count). The van der Waals surface area contributed by atoms with Crippen LogP contribution in [0.4, 0.5) is 29.2 Å². The van der Waals surface area contributed by atoms with E-state index in [9.17, 15) is 17.6 Å². The highest BCUT2D eigenvalue weighted by Gasteiger charge is 2.40. The first kappa shape index (κ1) is 14.5. The molecule has 0 aromatic carbocycles. The van der Waals surface area contributed by atoms with Gasteiger partial charge in [-0.05, 0) is 6.42 Å². The Balaban J connectivity index is 2.73. The van der Waals surface area contributed by atoms with Crippen LogP contribution in [0.25, 0.3) is 0 Å². The maximum Gasteiger partial charge on any atom is 0.324 e. The third kappa shape index (κ3) is 4.01. The minimum absolute atomic E-state index is 0.0197. The highest BCUT2D eigenvalue weighted by Crippen LogP contribution is 2.23. The van der Waals surface area contributed by atoms with E-state index < -0.39 is 18.9 Å². The molecular formula is C10H14F4N4. The topological polar surface area (TPSA) is 63.8 Å². The van der Waals surface area contributed by atoms with Crippen LogP contribution in [0.1, 0.15) is 19.2 Å². The predicted molar refractivity (Wildman–Crippen MR) is 59.9 cm³/mol. The molecule has 18 heavy (non-hydrogen) atoms. The number of nitrogen functional groups attached to an aromatic ring is 1. The van der Waals surface area contributed by atoms with Crippen LogP contribution in [0, 0.1) is 0 Å². The summed E-state index contributed by atoms with van der Waals surface area (Å²) in [5.41, 5.74) is 5.46. The van der Waals surface area contributed by atoms with Crippen LogP contribution in [0.15, 0.2) is 6.07 Å². The normalized spacial score (nSPS) is 11.9. The van der Waals surface area contributed by atoms with E-state index in [-0.39, 0.29) is 11.6 Å². The number of rotatable bonds is 6. The van der Waals surface area contributed by atoms with Gasteiger partial charge in [0.1, 0.15) is 17.5 Å². The molecule has 0 unspecified atom stereocenters. The quantitative estimate of drug-likeness (QED) is 0.776. The van der Waals surface area contributed by atoms with Gasteiger partial charge in [-0.2, -0.15) is 8.78 Å². The maximum absolute atomic E-state index is 12.7. The summed E-state index contributed by atoms with van der Waals surface area (Å²) in [7, 11) is 0. The van der Waals surface area contributed by atoms with E-state index in [1.54, 1.807) is 0 Å². The van der Waals surface area contributed by atoms with E-state index >= 15 is 0 Å². The van der Waals surface area contributed by atoms with E-state index in [4.69, 9.17) is 5.73 Å². The summed E-state index contributed by atoms with van der Waals surface area (Å²) < 4.78 is 49.3. The van der Waals surface area contributed by atoms with Gasteiger partial charge in [-0.3, -0.25) is 0 Å². The summed E-state index contributed by atoms with van der Waals surface area (Å²) in [6.07, 6.45) is -2.43. The molecule has 0 aliphatic carbocycles. The number of aryl methyl sites for hydroxylation is 1. The lowest BCUT2D eigenvalue weighted by Crippen LogP contribution is -2.35. The van der Waals surface area contributed by atoms with Gasteiger partial charge < -0.3 is 11.1 Å². The fraction of sp³-hybridized carbons (Fsp3) is 0.600. The zero-order valence-corrected chi connectivity index (χ0v) is 9.76. The largest absolute Gasteiger partial charge is 0.384 e. The highest BCUT2D eigenvalue weighted by atomic mass is 19.3. The first-order chi connectivity index (χ1) is 8.35. The van der Waals surface area contributed by atoms with E-state index in [0.717, 1.165) is 6.42 Å². The fourth-order valence-corrected chi connectivity index (χ4v) is 1.23. The molecule has 0 atom stereocenters. The molecule has 4 nitrogen and oxygen atoms in total. The van der Waals surface area contributed by atoms with Crippen LogP contribution in [0.2, 0.25) is 0 Å². The summed E-state index contributed by atoms with van der Waals surface area (Å²) in [5.74, 6) is -3.59. The average molecular weight is 266 g/mol. The molecule has 0 saturated heterocycles. The van der Waals surface area contributed by atoms with Crippen molar-refractivity contribution in [1.82, 2.24) is 9.97 Å². The number of halogens is 4. The third-order valence-corrected chi connectivity index (χ3v) is 2.09. The number of nitrogens with two attached hydrogens (primary N) is 1. The molecule has 8 heteroatoms. The minimum Gasteiger partial charge on any atom is -0.384 e. The van der Waals surface area contributed by atoms with Crippen LogP contribution in [-0.2, 0) is 6.42 Å². The lowest BCUT2D eigenvalue weighted by atomic mass is 10.3. The van der Waals surface area contributed by atoms with Crippen molar-refractivity contribution in [1.29, 1.82) is 0 Å². The van der Waals surface area contributed by atoms with Crippen molar-refractivity contribution in [2.45, 2.75) is 32.1 Å². The standard InChI is InChI=1S/C10H14F4N4/c1-2-3-7-17-6(15)4-8(18-7)16-5-10(13,14)9(11)12/h4,9H,2-3,5H2,1H3,(H3,15,16,17,18). The first-order valence-electron chi connectivity index (χ1n) is 5.38. The summed E-state index contributed by atoms with van der Waals surface area (Å²) in [5, 5.41) is 2.14. The lowest BCUT2D eigenvalue weighted by molar-refractivity contribution is -0.117. The second-order valence-electron chi connectivity index (χ2n) is 3.76. The van der Waals surface area contributed by atoms with Gasteiger partial charge in [0, 0.05) is 12.5 Å². The van der Waals surface area contributed by atoms with Crippen LogP contribution in [0.3, 0.4) is 0 Å². The third-order valence-electron chi connectivity index (χ3n) is 2.09. The van der Waals surface area contributed by atoms with Gasteiger partial charge in [-0.25, -0.2) is 18.7 Å². The fourth-order valence-electron chi connectivity index (χ4n) is 1.23. The minimum atomic E-state index is -4.11. The monoisotopic (exact) mass is 266 g/mol. The van der Waals surface area contributed by atoms with Crippen molar-refractivity contribution >= 4 is 11.6 Å². The molecule has 1 aromatic rings. The molecule has 0 radical (unpaired) electrons. The van der Waals surface area contributed by atoms with Crippen LogP contribution in [-0.4, -0.2) is 28.9 Å². The van der Waals surface area contributed by atoms with Crippen molar-refractivity contribution in [2.24, 2.45) is 0 Å². The number of nitrogens with zero attached hydrogens (tertiary/aromatic N) is 2. The molecule has 0 saturated carbocycles.